The van der Waals surface area contributed by atoms with E-state index in [9.17, 15) is 4.79 Å². The molecule has 0 radical (unpaired) electrons. The first kappa shape index (κ1) is 21.8. The molecule has 2 aromatic carbocycles. The molecule has 146 valence electrons. The standard InChI is InChI=1S/C20H17I2NO3S2/c1-3-23-19(24)17(28-20(23)27)10-13-8-15(22)18(16(9-13)25-2)26-11-12-4-6-14(21)7-5-12/h4-10H,3,11H2,1-2H3/b17-10-. The minimum atomic E-state index is -0.0505. The van der Waals surface area contributed by atoms with Gasteiger partial charge in [0.05, 0.1) is 15.6 Å². The highest BCUT2D eigenvalue weighted by atomic mass is 127. The Kier molecular flexibility index (Phi) is 7.62. The van der Waals surface area contributed by atoms with Gasteiger partial charge in [-0.25, -0.2) is 0 Å². The number of hydrogen-bond donors (Lipinski definition) is 0. The summed E-state index contributed by atoms with van der Waals surface area (Å²) in [4.78, 5) is 14.7. The van der Waals surface area contributed by atoms with Crippen LogP contribution in [0.4, 0.5) is 0 Å². The number of amides is 1. The van der Waals surface area contributed by atoms with Gasteiger partial charge in [0.25, 0.3) is 5.91 Å². The molecule has 0 atom stereocenters. The molecule has 0 aliphatic carbocycles. The minimum absolute atomic E-state index is 0.0505. The van der Waals surface area contributed by atoms with Crippen LogP contribution in [0.15, 0.2) is 41.3 Å². The molecule has 1 heterocycles. The third-order valence-electron chi connectivity index (χ3n) is 4.04. The molecule has 1 amide bonds. The SMILES string of the molecule is CCN1C(=O)/C(=C/c2cc(I)c(OCc3ccc(I)cc3)c(OC)c2)SC1=S. The minimum Gasteiger partial charge on any atom is -0.493 e. The van der Waals surface area contributed by atoms with Crippen LogP contribution in [-0.2, 0) is 11.4 Å². The Balaban J connectivity index is 1.83. The Morgan fingerprint density at radius 2 is 1.93 bits per heavy atom. The van der Waals surface area contributed by atoms with Crippen molar-refractivity contribution in [3.05, 3.63) is 59.6 Å². The number of thiocarbonyl (C=S) groups is 1. The van der Waals surface area contributed by atoms with Crippen molar-refractivity contribution in [1.29, 1.82) is 0 Å². The second-order valence-electron chi connectivity index (χ2n) is 5.88. The Bertz CT molecular complexity index is 945. The summed E-state index contributed by atoms with van der Waals surface area (Å²) in [5.41, 5.74) is 1.96. The molecule has 8 heteroatoms. The highest BCUT2D eigenvalue weighted by Gasteiger charge is 2.30. The zero-order valence-electron chi connectivity index (χ0n) is 15.2. The molecule has 1 aliphatic heterocycles. The van der Waals surface area contributed by atoms with E-state index < -0.39 is 0 Å². The number of hydrogen-bond acceptors (Lipinski definition) is 5. The zero-order chi connectivity index (χ0) is 20.3. The number of carbonyl (C=O) groups is 1. The van der Waals surface area contributed by atoms with Crippen molar-refractivity contribution in [2.45, 2.75) is 13.5 Å². The molecule has 28 heavy (non-hydrogen) atoms. The van der Waals surface area contributed by atoms with Gasteiger partial charge in [0.2, 0.25) is 0 Å². The topological polar surface area (TPSA) is 38.8 Å². The highest BCUT2D eigenvalue weighted by Crippen LogP contribution is 2.37. The van der Waals surface area contributed by atoms with Crippen LogP contribution >= 0.6 is 69.2 Å². The Morgan fingerprint density at radius 3 is 2.54 bits per heavy atom. The quantitative estimate of drug-likeness (QED) is 0.231. The monoisotopic (exact) mass is 637 g/mol. The average molecular weight is 637 g/mol. The maximum Gasteiger partial charge on any atom is 0.266 e. The predicted molar refractivity (Wildman–Crippen MR) is 135 cm³/mol. The van der Waals surface area contributed by atoms with Crippen molar-refractivity contribution in [2.75, 3.05) is 13.7 Å². The molecule has 0 N–H and O–H groups in total. The summed E-state index contributed by atoms with van der Waals surface area (Å²) in [5.74, 6) is 1.28. The van der Waals surface area contributed by atoms with Crippen molar-refractivity contribution in [3.63, 3.8) is 0 Å². The number of thioether (sulfide) groups is 1. The number of halogens is 2. The van der Waals surface area contributed by atoms with Crippen LogP contribution in [-0.4, -0.2) is 28.8 Å². The van der Waals surface area contributed by atoms with Crippen LogP contribution in [0.1, 0.15) is 18.1 Å². The van der Waals surface area contributed by atoms with E-state index in [1.165, 1.54) is 15.3 Å². The maximum atomic E-state index is 12.4. The number of likely N-dealkylation sites (N-methyl/N-ethyl adjacent to an activating group) is 1. The molecule has 0 saturated carbocycles. The largest absolute Gasteiger partial charge is 0.493 e. The van der Waals surface area contributed by atoms with Crippen molar-refractivity contribution in [1.82, 2.24) is 4.90 Å². The Morgan fingerprint density at radius 1 is 1.21 bits per heavy atom. The van der Waals surface area contributed by atoms with Crippen molar-refractivity contribution >= 4 is 85.5 Å². The van der Waals surface area contributed by atoms with Crippen LogP contribution in [0, 0.1) is 7.14 Å². The van der Waals surface area contributed by atoms with Gasteiger partial charge in [-0.1, -0.05) is 36.1 Å². The number of nitrogens with zero attached hydrogens (tertiary/aromatic N) is 1. The van der Waals surface area contributed by atoms with E-state index >= 15 is 0 Å². The van der Waals surface area contributed by atoms with Gasteiger partial charge in [-0.05, 0) is 93.6 Å². The summed E-state index contributed by atoms with van der Waals surface area (Å²) in [6, 6.07) is 12.1. The summed E-state index contributed by atoms with van der Waals surface area (Å²) in [7, 11) is 1.61. The predicted octanol–water partition coefficient (Wildman–Crippen LogP) is 5.70. The average Bonchev–Trinajstić information content (AvgIpc) is 2.94. The summed E-state index contributed by atoms with van der Waals surface area (Å²) in [5, 5.41) is 0. The lowest BCUT2D eigenvalue weighted by atomic mass is 10.1. The summed E-state index contributed by atoms with van der Waals surface area (Å²) >= 11 is 11.1. The highest BCUT2D eigenvalue weighted by molar-refractivity contribution is 14.1. The van der Waals surface area contributed by atoms with Gasteiger partial charge in [0.1, 0.15) is 10.9 Å². The van der Waals surface area contributed by atoms with Gasteiger partial charge in [-0.3, -0.25) is 9.69 Å². The zero-order valence-corrected chi connectivity index (χ0v) is 21.1. The van der Waals surface area contributed by atoms with Crippen LogP contribution in [0.2, 0.25) is 0 Å². The fourth-order valence-electron chi connectivity index (χ4n) is 2.62. The lowest BCUT2D eigenvalue weighted by molar-refractivity contribution is -0.121. The number of benzene rings is 2. The molecular weight excluding hydrogens is 620 g/mol. The van der Waals surface area contributed by atoms with Gasteiger partial charge in [-0.2, -0.15) is 0 Å². The number of ether oxygens (including phenoxy) is 2. The van der Waals surface area contributed by atoms with Crippen LogP contribution < -0.4 is 9.47 Å². The second kappa shape index (κ2) is 9.77. The Labute approximate surface area is 201 Å². The second-order valence-corrected chi connectivity index (χ2v) is 9.96. The smallest absolute Gasteiger partial charge is 0.266 e. The third kappa shape index (κ3) is 5.00. The van der Waals surface area contributed by atoms with Crippen molar-refractivity contribution < 1.29 is 14.3 Å². The molecule has 4 nitrogen and oxygen atoms in total. The van der Waals surface area contributed by atoms with Crippen LogP contribution in [0.3, 0.4) is 0 Å². The van der Waals surface area contributed by atoms with Gasteiger partial charge >= 0.3 is 0 Å². The van der Waals surface area contributed by atoms with Crippen LogP contribution in [0.25, 0.3) is 6.08 Å². The fraction of sp³-hybridized carbons (Fsp3) is 0.200. The Hall–Kier alpha value is -0.850. The summed E-state index contributed by atoms with van der Waals surface area (Å²) in [6.07, 6.45) is 1.85. The number of carbonyl (C=O) groups excluding carboxylic acids is 1. The van der Waals surface area contributed by atoms with Crippen LogP contribution in [0.5, 0.6) is 11.5 Å². The number of rotatable bonds is 6. The first-order valence-corrected chi connectivity index (χ1v) is 11.8. The van der Waals surface area contributed by atoms with Gasteiger partial charge in [0.15, 0.2) is 11.5 Å². The molecule has 2 aromatic rings. The summed E-state index contributed by atoms with van der Waals surface area (Å²) in [6.45, 7) is 2.95. The summed E-state index contributed by atoms with van der Waals surface area (Å²) < 4.78 is 14.3. The van der Waals surface area contributed by atoms with E-state index in [1.807, 2.05) is 37.3 Å². The van der Waals surface area contributed by atoms with E-state index in [-0.39, 0.29) is 5.91 Å². The molecule has 3 rings (SSSR count). The van der Waals surface area contributed by atoms with E-state index in [1.54, 1.807) is 12.0 Å². The molecule has 1 fully saturated rings. The van der Waals surface area contributed by atoms with Gasteiger partial charge < -0.3 is 9.47 Å². The van der Waals surface area contributed by atoms with Crippen molar-refractivity contribution in [3.8, 4) is 11.5 Å². The van der Waals surface area contributed by atoms with E-state index in [0.717, 1.165) is 14.7 Å². The number of methoxy groups -OCH3 is 1. The molecule has 0 spiro atoms. The van der Waals surface area contributed by atoms with E-state index in [2.05, 4.69) is 57.3 Å². The van der Waals surface area contributed by atoms with Gasteiger partial charge in [0, 0.05) is 10.1 Å². The third-order valence-corrected chi connectivity index (χ3v) is 6.93. The molecule has 1 aliphatic rings. The normalized spacial score (nSPS) is 15.4. The van der Waals surface area contributed by atoms with Gasteiger partial charge in [-0.15, -0.1) is 0 Å². The first-order valence-electron chi connectivity index (χ1n) is 8.43. The first-order chi connectivity index (χ1) is 13.4. The molecule has 0 aromatic heterocycles. The molecule has 0 bridgehead atoms. The molecule has 1 saturated heterocycles. The van der Waals surface area contributed by atoms with E-state index in [0.29, 0.717) is 33.9 Å². The maximum absolute atomic E-state index is 12.4. The molecular formula is C20H17I2NO3S2. The van der Waals surface area contributed by atoms with Crippen molar-refractivity contribution in [2.24, 2.45) is 0 Å². The lowest BCUT2D eigenvalue weighted by Crippen LogP contribution is -2.27. The van der Waals surface area contributed by atoms with E-state index in [4.69, 9.17) is 21.7 Å². The molecule has 0 unspecified atom stereocenters. The lowest BCUT2D eigenvalue weighted by Gasteiger charge is -2.14. The fourth-order valence-corrected chi connectivity index (χ4v) is 5.15.